The van der Waals surface area contributed by atoms with Crippen LogP contribution in [0.5, 0.6) is 0 Å². The number of carbonyl (C=O) groups is 1. The third kappa shape index (κ3) is 4.52. The van der Waals surface area contributed by atoms with Crippen molar-refractivity contribution < 1.29 is 9.90 Å². The fourth-order valence-electron chi connectivity index (χ4n) is 2.28. The Balaban J connectivity index is 1.75. The van der Waals surface area contributed by atoms with Crippen LogP contribution in [0.3, 0.4) is 0 Å². The molecule has 1 aromatic heterocycles. The van der Waals surface area contributed by atoms with Crippen molar-refractivity contribution >= 4 is 27.5 Å². The Kier molecular flexibility index (Phi) is 5.91. The molecule has 0 saturated carbocycles. The number of hydrogen-bond acceptors (Lipinski definition) is 4. The van der Waals surface area contributed by atoms with Gasteiger partial charge in [-0.1, -0.05) is 26.0 Å². The summed E-state index contributed by atoms with van der Waals surface area (Å²) >= 11 is 1.69. The lowest BCUT2D eigenvalue weighted by atomic mass is 9.97. The molecule has 0 aliphatic heterocycles. The Labute approximate surface area is 135 Å². The number of amides is 1. The van der Waals surface area contributed by atoms with E-state index < -0.39 is 5.60 Å². The van der Waals surface area contributed by atoms with Crippen LogP contribution in [0.25, 0.3) is 10.2 Å². The number of fused-ring (bicyclic) bond motifs is 1. The van der Waals surface area contributed by atoms with Crippen LogP contribution in [0.4, 0.5) is 0 Å². The van der Waals surface area contributed by atoms with E-state index >= 15 is 0 Å². The van der Waals surface area contributed by atoms with Gasteiger partial charge in [0.25, 0.3) is 0 Å². The molecular formula is C17H24N2O2S. The number of nitrogens with one attached hydrogen (secondary N) is 1. The van der Waals surface area contributed by atoms with E-state index in [1.54, 1.807) is 11.3 Å². The second-order valence-electron chi connectivity index (χ2n) is 5.64. The highest BCUT2D eigenvalue weighted by Gasteiger charge is 2.22. The van der Waals surface area contributed by atoms with Crippen molar-refractivity contribution in [3.05, 3.63) is 29.3 Å². The monoisotopic (exact) mass is 320 g/mol. The zero-order valence-corrected chi connectivity index (χ0v) is 14.1. The van der Waals surface area contributed by atoms with Gasteiger partial charge in [0.05, 0.1) is 20.8 Å². The summed E-state index contributed by atoms with van der Waals surface area (Å²) in [5, 5.41) is 14.0. The molecule has 0 aliphatic carbocycles. The maximum Gasteiger partial charge on any atom is 0.220 e. The Bertz CT molecular complexity index is 587. The van der Waals surface area contributed by atoms with Crippen LogP contribution in [-0.4, -0.2) is 28.1 Å². The van der Waals surface area contributed by atoms with Gasteiger partial charge in [-0.15, -0.1) is 11.3 Å². The van der Waals surface area contributed by atoms with Crippen molar-refractivity contribution in [3.63, 3.8) is 0 Å². The molecule has 2 rings (SSSR count). The third-order valence-corrected chi connectivity index (χ3v) is 5.16. The lowest BCUT2D eigenvalue weighted by Gasteiger charge is -2.25. The van der Waals surface area contributed by atoms with Gasteiger partial charge >= 0.3 is 0 Å². The van der Waals surface area contributed by atoms with Gasteiger partial charge in [0.15, 0.2) is 0 Å². The number of nitrogens with zero attached hydrogens (tertiary/aromatic N) is 1. The zero-order valence-electron chi connectivity index (χ0n) is 13.3. The maximum absolute atomic E-state index is 11.8. The van der Waals surface area contributed by atoms with Crippen molar-refractivity contribution in [3.8, 4) is 0 Å². The van der Waals surface area contributed by atoms with E-state index in [1.807, 2.05) is 32.0 Å². The first-order chi connectivity index (χ1) is 10.6. The van der Waals surface area contributed by atoms with Crippen LogP contribution in [0, 0.1) is 0 Å². The molecule has 0 radical (unpaired) electrons. The van der Waals surface area contributed by atoms with Crippen LogP contribution in [0.15, 0.2) is 24.3 Å². The molecule has 1 aromatic carbocycles. The highest BCUT2D eigenvalue weighted by molar-refractivity contribution is 7.18. The first kappa shape index (κ1) is 16.9. The molecule has 22 heavy (non-hydrogen) atoms. The molecule has 0 fully saturated rings. The van der Waals surface area contributed by atoms with E-state index in [0.29, 0.717) is 25.8 Å². The summed E-state index contributed by atoms with van der Waals surface area (Å²) in [5.41, 5.74) is 0.255. The van der Waals surface area contributed by atoms with Crippen LogP contribution >= 0.6 is 11.3 Å². The number of aliphatic hydroxyl groups is 1. The van der Waals surface area contributed by atoms with Crippen LogP contribution in [0.1, 0.15) is 44.5 Å². The lowest BCUT2D eigenvalue weighted by molar-refractivity contribution is -0.122. The molecule has 0 bridgehead atoms. The molecule has 0 unspecified atom stereocenters. The van der Waals surface area contributed by atoms with Gasteiger partial charge in [0.2, 0.25) is 5.91 Å². The molecule has 0 atom stereocenters. The highest BCUT2D eigenvalue weighted by Crippen LogP contribution is 2.22. The molecule has 0 spiro atoms. The van der Waals surface area contributed by atoms with Gasteiger partial charge in [-0.2, -0.15) is 0 Å². The number of rotatable bonds is 8. The largest absolute Gasteiger partial charge is 0.388 e. The Hall–Kier alpha value is -1.46. The highest BCUT2D eigenvalue weighted by atomic mass is 32.1. The molecule has 0 saturated heterocycles. The summed E-state index contributed by atoms with van der Waals surface area (Å²) in [6.45, 7) is 4.20. The van der Waals surface area contributed by atoms with Crippen molar-refractivity contribution in [2.45, 2.75) is 51.6 Å². The molecule has 4 nitrogen and oxygen atoms in total. The number of benzene rings is 1. The first-order valence-corrected chi connectivity index (χ1v) is 8.71. The van der Waals surface area contributed by atoms with E-state index in [1.165, 1.54) is 4.70 Å². The van der Waals surface area contributed by atoms with Gasteiger partial charge in [0, 0.05) is 13.0 Å². The number of hydrogen-bond donors (Lipinski definition) is 2. The summed E-state index contributed by atoms with van der Waals surface area (Å²) in [5.74, 6) is 0.00133. The molecule has 2 aromatic rings. The minimum atomic E-state index is -0.775. The van der Waals surface area contributed by atoms with Crippen molar-refractivity contribution in [2.24, 2.45) is 0 Å². The molecule has 0 aliphatic rings. The van der Waals surface area contributed by atoms with Crippen LogP contribution < -0.4 is 5.32 Å². The maximum atomic E-state index is 11.8. The summed E-state index contributed by atoms with van der Waals surface area (Å²) in [4.78, 5) is 16.4. The molecule has 2 N–H and O–H groups in total. The molecular weight excluding hydrogens is 296 g/mol. The smallest absolute Gasteiger partial charge is 0.220 e. The molecule has 1 heterocycles. The Morgan fingerprint density at radius 3 is 2.73 bits per heavy atom. The molecule has 120 valence electrons. The predicted molar refractivity (Wildman–Crippen MR) is 91.1 cm³/mol. The normalized spacial score (nSPS) is 11.8. The number of para-hydroxylation sites is 1. The number of aromatic nitrogens is 1. The summed E-state index contributed by atoms with van der Waals surface area (Å²) in [7, 11) is 0. The van der Waals surface area contributed by atoms with Crippen LogP contribution in [0.2, 0.25) is 0 Å². The number of carbonyl (C=O) groups excluding carboxylic acids is 1. The van der Waals surface area contributed by atoms with Gasteiger partial charge < -0.3 is 10.4 Å². The molecule has 5 heteroatoms. The fraction of sp³-hybridized carbons (Fsp3) is 0.529. The number of thiazole rings is 1. The third-order valence-electron chi connectivity index (χ3n) is 4.06. The summed E-state index contributed by atoms with van der Waals surface area (Å²) < 4.78 is 1.19. The van der Waals surface area contributed by atoms with Gasteiger partial charge in [-0.05, 0) is 37.8 Å². The number of aryl methyl sites for hydroxylation is 1. The van der Waals surface area contributed by atoms with Gasteiger partial charge in [-0.25, -0.2) is 4.98 Å². The second-order valence-corrected chi connectivity index (χ2v) is 6.75. The average Bonchev–Trinajstić information content (AvgIpc) is 2.95. The van der Waals surface area contributed by atoms with Crippen molar-refractivity contribution in [2.75, 3.05) is 6.54 Å². The first-order valence-electron chi connectivity index (χ1n) is 7.90. The summed E-state index contributed by atoms with van der Waals surface area (Å²) in [6.07, 6.45) is 3.37. The van der Waals surface area contributed by atoms with Crippen LogP contribution in [-0.2, 0) is 11.2 Å². The average molecular weight is 320 g/mol. The second kappa shape index (κ2) is 7.70. The van der Waals surface area contributed by atoms with E-state index in [9.17, 15) is 9.90 Å². The van der Waals surface area contributed by atoms with Crippen molar-refractivity contribution in [1.29, 1.82) is 0 Å². The topological polar surface area (TPSA) is 62.2 Å². The van der Waals surface area contributed by atoms with E-state index in [2.05, 4.69) is 16.4 Å². The lowest BCUT2D eigenvalue weighted by Crippen LogP contribution is -2.41. The van der Waals surface area contributed by atoms with Gasteiger partial charge in [0.1, 0.15) is 0 Å². The quantitative estimate of drug-likeness (QED) is 0.784. The van der Waals surface area contributed by atoms with E-state index in [0.717, 1.165) is 23.4 Å². The van der Waals surface area contributed by atoms with E-state index in [4.69, 9.17) is 0 Å². The fourth-order valence-corrected chi connectivity index (χ4v) is 3.29. The minimum absolute atomic E-state index is 0.00133. The molecule has 1 amide bonds. The van der Waals surface area contributed by atoms with Crippen molar-refractivity contribution in [1.82, 2.24) is 10.3 Å². The zero-order chi connectivity index (χ0) is 16.0. The SMILES string of the molecule is CCC(O)(CC)CNC(=O)CCCc1nc2ccccc2s1. The Morgan fingerprint density at radius 1 is 1.32 bits per heavy atom. The minimum Gasteiger partial charge on any atom is -0.388 e. The van der Waals surface area contributed by atoms with Gasteiger partial charge in [-0.3, -0.25) is 4.79 Å². The summed E-state index contributed by atoms with van der Waals surface area (Å²) in [6, 6.07) is 8.08. The predicted octanol–water partition coefficient (Wildman–Crippen LogP) is 3.29. The van der Waals surface area contributed by atoms with E-state index in [-0.39, 0.29) is 5.91 Å². The Morgan fingerprint density at radius 2 is 2.05 bits per heavy atom. The standard InChI is InChI=1S/C17H24N2O2S/c1-3-17(21,4-2)12-18-15(20)10-7-11-16-19-13-8-5-6-9-14(13)22-16/h5-6,8-9,21H,3-4,7,10-12H2,1-2H3,(H,18,20).